The fraction of sp³-hybridized carbons (Fsp3) is 0.250. The van der Waals surface area contributed by atoms with Gasteiger partial charge in [-0.25, -0.2) is 8.78 Å². The van der Waals surface area contributed by atoms with E-state index >= 15 is 0 Å². The number of nitrogens with zero attached hydrogens (tertiary/aromatic N) is 5. The maximum atomic E-state index is 13.1. The van der Waals surface area contributed by atoms with Crippen molar-refractivity contribution in [1.82, 2.24) is 24.6 Å². The minimum atomic E-state index is -0.253. The quantitative estimate of drug-likeness (QED) is 0.393. The van der Waals surface area contributed by atoms with E-state index in [9.17, 15) is 13.6 Å². The minimum Gasteiger partial charge on any atom is -0.336 e. The summed E-state index contributed by atoms with van der Waals surface area (Å²) in [6.45, 7) is 4.16. The van der Waals surface area contributed by atoms with Crippen molar-refractivity contribution in [3.05, 3.63) is 119 Å². The van der Waals surface area contributed by atoms with Crippen molar-refractivity contribution < 1.29 is 13.6 Å². The van der Waals surface area contributed by atoms with Gasteiger partial charge in [0.05, 0.1) is 18.3 Å². The third-order valence-electron chi connectivity index (χ3n) is 6.38. The molecule has 0 aliphatic carbocycles. The lowest BCUT2D eigenvalue weighted by Crippen LogP contribution is -2.48. The molecule has 6 nitrogen and oxygen atoms in total. The maximum absolute atomic E-state index is 13.1. The zero-order valence-electron chi connectivity index (χ0n) is 19.9. The third-order valence-corrected chi connectivity index (χ3v) is 6.38. The van der Waals surface area contributed by atoms with E-state index in [1.807, 2.05) is 27.9 Å². The molecule has 8 heteroatoms. The molecule has 0 bridgehead atoms. The Hall–Kier alpha value is -3.91. The summed E-state index contributed by atoms with van der Waals surface area (Å²) >= 11 is 0. The highest BCUT2D eigenvalue weighted by Crippen LogP contribution is 2.14. The highest BCUT2D eigenvalue weighted by atomic mass is 19.1. The number of halogens is 2. The molecule has 1 aliphatic rings. The fourth-order valence-electron chi connectivity index (χ4n) is 4.37. The van der Waals surface area contributed by atoms with Crippen molar-refractivity contribution in [3.63, 3.8) is 0 Å². The van der Waals surface area contributed by atoms with Gasteiger partial charge >= 0.3 is 0 Å². The van der Waals surface area contributed by atoms with Crippen molar-refractivity contribution in [2.45, 2.75) is 19.5 Å². The van der Waals surface area contributed by atoms with Crippen LogP contribution < -0.4 is 0 Å². The van der Waals surface area contributed by atoms with E-state index in [2.05, 4.69) is 15.0 Å². The molecule has 2 aromatic heterocycles. The number of aromatic nitrogens is 3. The summed E-state index contributed by atoms with van der Waals surface area (Å²) in [5.41, 5.74) is 4.50. The lowest BCUT2D eigenvalue weighted by Gasteiger charge is -2.34. The molecule has 36 heavy (non-hydrogen) atoms. The van der Waals surface area contributed by atoms with Crippen LogP contribution in [0.25, 0.3) is 0 Å². The third kappa shape index (κ3) is 6.01. The van der Waals surface area contributed by atoms with E-state index in [4.69, 9.17) is 0 Å². The smallest absolute Gasteiger partial charge is 0.255 e. The first-order valence-corrected chi connectivity index (χ1v) is 12.0. The SMILES string of the molecule is O=C(c1ccc(Cc2cnn(Cc3ccc(F)cc3)c2)nc1)N1CCN(Cc2ccc(F)cc2)CC1. The van der Waals surface area contributed by atoms with E-state index < -0.39 is 0 Å². The van der Waals surface area contributed by atoms with Crippen LogP contribution in [0.5, 0.6) is 0 Å². The van der Waals surface area contributed by atoms with Crippen LogP contribution in [0.4, 0.5) is 8.78 Å². The number of amides is 1. The zero-order chi connectivity index (χ0) is 24.9. The number of carbonyl (C=O) groups excluding carboxylic acids is 1. The molecule has 0 saturated carbocycles. The Kier molecular flexibility index (Phi) is 7.13. The van der Waals surface area contributed by atoms with E-state index in [1.54, 1.807) is 36.7 Å². The normalized spacial score (nSPS) is 14.2. The molecular weight excluding hydrogens is 460 g/mol. The second-order valence-corrected chi connectivity index (χ2v) is 9.08. The van der Waals surface area contributed by atoms with Crippen LogP contribution in [0, 0.1) is 11.6 Å². The Morgan fingerprint density at radius 3 is 2.00 bits per heavy atom. The summed E-state index contributed by atoms with van der Waals surface area (Å²) in [6.07, 6.45) is 6.01. The largest absolute Gasteiger partial charge is 0.336 e. The predicted molar refractivity (Wildman–Crippen MR) is 132 cm³/mol. The van der Waals surface area contributed by atoms with Crippen LogP contribution in [0.15, 0.2) is 79.3 Å². The summed E-state index contributed by atoms with van der Waals surface area (Å²) in [6, 6.07) is 16.7. The van der Waals surface area contributed by atoms with Crippen molar-refractivity contribution in [3.8, 4) is 0 Å². The molecule has 4 aromatic rings. The first kappa shape index (κ1) is 23.8. The van der Waals surface area contributed by atoms with Gasteiger partial charge in [-0.1, -0.05) is 24.3 Å². The number of hydrogen-bond acceptors (Lipinski definition) is 4. The lowest BCUT2D eigenvalue weighted by molar-refractivity contribution is 0.0628. The summed E-state index contributed by atoms with van der Waals surface area (Å²) in [4.78, 5) is 21.6. The van der Waals surface area contributed by atoms with Gasteiger partial charge in [-0.2, -0.15) is 5.10 Å². The van der Waals surface area contributed by atoms with Gasteiger partial charge in [0.25, 0.3) is 5.91 Å². The van der Waals surface area contributed by atoms with Crippen LogP contribution in [-0.2, 0) is 19.5 Å². The van der Waals surface area contributed by atoms with Crippen LogP contribution in [0.2, 0.25) is 0 Å². The monoisotopic (exact) mass is 487 g/mol. The summed E-state index contributed by atoms with van der Waals surface area (Å²) in [5.74, 6) is -0.495. The molecule has 3 heterocycles. The summed E-state index contributed by atoms with van der Waals surface area (Å²) < 4.78 is 28.0. The zero-order valence-corrected chi connectivity index (χ0v) is 19.9. The van der Waals surface area contributed by atoms with Gasteiger partial charge in [-0.3, -0.25) is 19.4 Å². The van der Waals surface area contributed by atoms with Crippen LogP contribution in [0.1, 0.15) is 32.7 Å². The van der Waals surface area contributed by atoms with Crippen molar-refractivity contribution in [2.75, 3.05) is 26.2 Å². The van der Waals surface area contributed by atoms with Crippen LogP contribution in [0.3, 0.4) is 0 Å². The molecule has 5 rings (SSSR count). The van der Waals surface area contributed by atoms with Crippen molar-refractivity contribution >= 4 is 5.91 Å². The molecule has 0 unspecified atom stereocenters. The van der Waals surface area contributed by atoms with Gasteiger partial charge in [-0.15, -0.1) is 0 Å². The van der Waals surface area contributed by atoms with Crippen LogP contribution >= 0.6 is 0 Å². The molecule has 0 radical (unpaired) electrons. The lowest BCUT2D eigenvalue weighted by atomic mass is 10.1. The van der Waals surface area contributed by atoms with Crippen LogP contribution in [-0.4, -0.2) is 56.7 Å². The van der Waals surface area contributed by atoms with Gasteiger partial charge in [0, 0.05) is 57.2 Å². The molecule has 0 N–H and O–H groups in total. The molecule has 1 saturated heterocycles. The Labute approximate surface area is 208 Å². The molecule has 1 aliphatic heterocycles. The van der Waals surface area contributed by atoms with Gasteiger partial charge in [0.15, 0.2) is 0 Å². The molecule has 2 aromatic carbocycles. The second kappa shape index (κ2) is 10.8. The average molecular weight is 488 g/mol. The first-order chi connectivity index (χ1) is 17.5. The Bertz CT molecular complexity index is 1300. The minimum absolute atomic E-state index is 0.0115. The molecule has 1 amide bonds. The molecule has 1 fully saturated rings. The predicted octanol–water partition coefficient (Wildman–Crippen LogP) is 4.15. The van der Waals surface area contributed by atoms with Gasteiger partial charge in [-0.05, 0) is 53.1 Å². The number of rotatable bonds is 7. The summed E-state index contributed by atoms with van der Waals surface area (Å²) in [5, 5.41) is 4.39. The molecule has 0 atom stereocenters. The fourth-order valence-corrected chi connectivity index (χ4v) is 4.37. The van der Waals surface area contributed by atoms with E-state index in [-0.39, 0.29) is 17.5 Å². The number of piperazine rings is 1. The van der Waals surface area contributed by atoms with Gasteiger partial charge in [0.2, 0.25) is 0 Å². The number of pyridine rings is 1. The van der Waals surface area contributed by atoms with Gasteiger partial charge < -0.3 is 4.90 Å². The topological polar surface area (TPSA) is 54.3 Å². The standard InChI is InChI=1S/C28H27F2N5O/c29-25-6-1-21(2-7-25)18-33-11-13-34(14-12-33)28(36)24-5-10-27(31-17-24)15-23-16-32-35(20-23)19-22-3-8-26(30)9-4-22/h1-10,16-17,20H,11-15,18-19H2. The Morgan fingerprint density at radius 2 is 1.39 bits per heavy atom. The number of hydrogen-bond donors (Lipinski definition) is 0. The van der Waals surface area contributed by atoms with E-state index in [0.29, 0.717) is 31.6 Å². The van der Waals surface area contributed by atoms with E-state index in [1.165, 1.54) is 24.3 Å². The molecular formula is C28H27F2N5O. The second-order valence-electron chi connectivity index (χ2n) is 9.08. The average Bonchev–Trinajstić information content (AvgIpc) is 3.34. The van der Waals surface area contributed by atoms with Crippen molar-refractivity contribution in [2.24, 2.45) is 0 Å². The highest BCUT2D eigenvalue weighted by Gasteiger charge is 2.22. The first-order valence-electron chi connectivity index (χ1n) is 12.0. The number of benzene rings is 2. The van der Waals surface area contributed by atoms with Crippen molar-refractivity contribution in [1.29, 1.82) is 0 Å². The number of carbonyl (C=O) groups is 1. The Balaban J connectivity index is 1.12. The molecule has 0 spiro atoms. The Morgan fingerprint density at radius 1 is 0.750 bits per heavy atom. The highest BCUT2D eigenvalue weighted by molar-refractivity contribution is 5.94. The molecule has 184 valence electrons. The summed E-state index contributed by atoms with van der Waals surface area (Å²) in [7, 11) is 0. The van der Waals surface area contributed by atoms with Gasteiger partial charge in [0.1, 0.15) is 11.6 Å². The maximum Gasteiger partial charge on any atom is 0.255 e. The van der Waals surface area contributed by atoms with E-state index in [0.717, 1.165) is 42.0 Å².